The summed E-state index contributed by atoms with van der Waals surface area (Å²) in [4.78, 5) is 0. The third-order valence-electron chi connectivity index (χ3n) is 2.71. The fourth-order valence-electron chi connectivity index (χ4n) is 1.66. The largest absolute Gasteiger partial charge is 0.224 e. The van der Waals surface area contributed by atoms with E-state index in [0.717, 1.165) is 5.41 Å². The van der Waals surface area contributed by atoms with E-state index in [1.807, 2.05) is 0 Å². The highest BCUT2D eigenvalue weighted by Gasteiger charge is 2.11. The smallest absolute Gasteiger partial charge is 0.175 e. The van der Waals surface area contributed by atoms with Crippen LogP contribution in [0.25, 0.3) is 6.08 Å². The van der Waals surface area contributed by atoms with E-state index in [0.29, 0.717) is 21.2 Å². The summed E-state index contributed by atoms with van der Waals surface area (Å²) in [5.41, 5.74) is 1.08. The first-order valence-electron chi connectivity index (χ1n) is 5.96. The van der Waals surface area contributed by atoms with Gasteiger partial charge in [0.25, 0.3) is 0 Å². The van der Waals surface area contributed by atoms with Gasteiger partial charge in [0.2, 0.25) is 0 Å². The van der Waals surface area contributed by atoms with Crippen LogP contribution in [0.4, 0.5) is 4.39 Å². The van der Waals surface area contributed by atoms with Crippen molar-refractivity contribution < 1.29 is 12.8 Å². The third-order valence-corrected chi connectivity index (χ3v) is 4.56. The molecule has 0 fully saturated rings. The average molecular weight is 345 g/mol. The molecule has 0 radical (unpaired) electrons. The fraction of sp³-hybridized carbons (Fsp3) is 0.0667. The molecular formula is C15H11Cl2FO2S. The van der Waals surface area contributed by atoms with E-state index in [1.54, 1.807) is 12.1 Å². The first-order valence-corrected chi connectivity index (χ1v) is 8.43. The lowest BCUT2D eigenvalue weighted by Gasteiger charge is -2.03. The number of hydrogen-bond donors (Lipinski definition) is 0. The van der Waals surface area contributed by atoms with Crippen molar-refractivity contribution in [3.8, 4) is 0 Å². The summed E-state index contributed by atoms with van der Waals surface area (Å²) >= 11 is 11.7. The molecule has 2 aromatic rings. The van der Waals surface area contributed by atoms with E-state index in [1.165, 1.54) is 36.4 Å². The second kappa shape index (κ2) is 6.60. The van der Waals surface area contributed by atoms with E-state index in [-0.39, 0.29) is 11.6 Å². The Morgan fingerprint density at radius 1 is 1.05 bits per heavy atom. The summed E-state index contributed by atoms with van der Waals surface area (Å²) in [6, 6.07) is 10.2. The molecule has 0 saturated carbocycles. The molecule has 0 aliphatic carbocycles. The van der Waals surface area contributed by atoms with Crippen molar-refractivity contribution in [3.63, 3.8) is 0 Å². The molecule has 0 bridgehead atoms. The predicted octanol–water partition coefficient (Wildman–Crippen LogP) is 4.72. The van der Waals surface area contributed by atoms with Crippen LogP contribution in [-0.4, -0.2) is 8.42 Å². The molecule has 0 N–H and O–H groups in total. The number of sulfone groups is 1. The topological polar surface area (TPSA) is 34.1 Å². The van der Waals surface area contributed by atoms with E-state index < -0.39 is 9.84 Å². The molecule has 0 heterocycles. The Hall–Kier alpha value is -1.36. The van der Waals surface area contributed by atoms with Crippen LogP contribution >= 0.6 is 23.2 Å². The van der Waals surface area contributed by atoms with Crippen LogP contribution in [0.1, 0.15) is 11.1 Å². The lowest BCUT2D eigenvalue weighted by Crippen LogP contribution is -2.00. The highest BCUT2D eigenvalue weighted by molar-refractivity contribution is 7.93. The van der Waals surface area contributed by atoms with Crippen LogP contribution in [0.5, 0.6) is 0 Å². The van der Waals surface area contributed by atoms with Crippen molar-refractivity contribution in [2.24, 2.45) is 0 Å². The molecule has 2 aromatic carbocycles. The van der Waals surface area contributed by atoms with E-state index in [9.17, 15) is 12.8 Å². The van der Waals surface area contributed by atoms with Gasteiger partial charge in [-0.1, -0.05) is 41.4 Å². The van der Waals surface area contributed by atoms with Crippen molar-refractivity contribution in [1.29, 1.82) is 0 Å². The third kappa shape index (κ3) is 4.84. The predicted molar refractivity (Wildman–Crippen MR) is 84.5 cm³/mol. The molecule has 21 heavy (non-hydrogen) atoms. The van der Waals surface area contributed by atoms with Crippen LogP contribution in [0.15, 0.2) is 47.9 Å². The summed E-state index contributed by atoms with van der Waals surface area (Å²) in [7, 11) is -3.48. The van der Waals surface area contributed by atoms with Gasteiger partial charge in [0, 0.05) is 15.5 Å². The maximum atomic E-state index is 12.8. The summed E-state index contributed by atoms with van der Waals surface area (Å²) in [6.07, 6.45) is 1.42. The van der Waals surface area contributed by atoms with Crippen molar-refractivity contribution >= 4 is 39.1 Å². The van der Waals surface area contributed by atoms with Crippen LogP contribution in [0.2, 0.25) is 10.0 Å². The number of halogens is 3. The zero-order valence-corrected chi connectivity index (χ0v) is 13.1. The minimum Gasteiger partial charge on any atom is -0.224 e. The molecule has 0 atom stereocenters. The minimum absolute atomic E-state index is 0.222. The van der Waals surface area contributed by atoms with Crippen molar-refractivity contribution in [2.45, 2.75) is 5.75 Å². The van der Waals surface area contributed by atoms with E-state index in [4.69, 9.17) is 23.2 Å². The van der Waals surface area contributed by atoms with Crippen LogP contribution in [-0.2, 0) is 15.6 Å². The monoisotopic (exact) mass is 344 g/mol. The first-order chi connectivity index (χ1) is 9.85. The molecule has 0 saturated heterocycles. The zero-order chi connectivity index (χ0) is 15.5. The Morgan fingerprint density at radius 2 is 1.71 bits per heavy atom. The van der Waals surface area contributed by atoms with E-state index >= 15 is 0 Å². The summed E-state index contributed by atoms with van der Waals surface area (Å²) < 4.78 is 36.8. The Kier molecular flexibility index (Phi) is 5.04. The van der Waals surface area contributed by atoms with E-state index in [2.05, 4.69) is 0 Å². The Bertz CT molecular complexity index is 769. The SMILES string of the molecule is O=S(=O)(C=Cc1ccc(F)cc1)Cc1ccc(Cl)cc1Cl. The van der Waals surface area contributed by atoms with Gasteiger partial charge < -0.3 is 0 Å². The normalized spacial score (nSPS) is 12.0. The quantitative estimate of drug-likeness (QED) is 0.804. The van der Waals surface area contributed by atoms with Gasteiger partial charge in [-0.15, -0.1) is 0 Å². The Labute approximate surface area is 132 Å². The summed E-state index contributed by atoms with van der Waals surface area (Å²) in [5.74, 6) is -0.594. The molecule has 110 valence electrons. The highest BCUT2D eigenvalue weighted by atomic mass is 35.5. The molecule has 0 amide bonds. The van der Waals surface area contributed by atoms with Crippen LogP contribution in [0, 0.1) is 5.82 Å². The van der Waals surface area contributed by atoms with Crippen molar-refractivity contribution in [1.82, 2.24) is 0 Å². The molecule has 2 nitrogen and oxygen atoms in total. The number of hydrogen-bond acceptors (Lipinski definition) is 2. The maximum absolute atomic E-state index is 12.8. The molecular weight excluding hydrogens is 334 g/mol. The Balaban J connectivity index is 2.16. The van der Waals surface area contributed by atoms with Gasteiger partial charge in [0.1, 0.15) is 5.82 Å². The second-order valence-corrected chi connectivity index (χ2v) is 7.13. The van der Waals surface area contributed by atoms with Gasteiger partial charge in [-0.3, -0.25) is 0 Å². The molecule has 0 aliphatic rings. The van der Waals surface area contributed by atoms with Crippen LogP contribution < -0.4 is 0 Å². The number of rotatable bonds is 4. The molecule has 0 aliphatic heterocycles. The van der Waals surface area contributed by atoms with Gasteiger partial charge in [0.15, 0.2) is 9.84 Å². The van der Waals surface area contributed by atoms with Crippen molar-refractivity contribution in [2.75, 3.05) is 0 Å². The molecule has 6 heteroatoms. The summed E-state index contributed by atoms with van der Waals surface area (Å²) in [6.45, 7) is 0. The minimum atomic E-state index is -3.48. The highest BCUT2D eigenvalue weighted by Crippen LogP contribution is 2.23. The average Bonchev–Trinajstić information content (AvgIpc) is 2.41. The lowest BCUT2D eigenvalue weighted by molar-refractivity contribution is 0.604. The van der Waals surface area contributed by atoms with Gasteiger partial charge in [-0.25, -0.2) is 12.8 Å². The molecule has 0 aromatic heterocycles. The first kappa shape index (κ1) is 16.0. The van der Waals surface area contributed by atoms with Gasteiger partial charge in [-0.05, 0) is 41.5 Å². The van der Waals surface area contributed by atoms with Gasteiger partial charge in [-0.2, -0.15) is 0 Å². The Morgan fingerprint density at radius 3 is 2.33 bits per heavy atom. The second-order valence-electron chi connectivity index (χ2n) is 4.40. The van der Waals surface area contributed by atoms with Crippen LogP contribution in [0.3, 0.4) is 0 Å². The molecule has 2 rings (SSSR count). The number of benzene rings is 2. The maximum Gasteiger partial charge on any atom is 0.175 e. The fourth-order valence-corrected chi connectivity index (χ4v) is 3.36. The van der Waals surface area contributed by atoms with Crippen molar-refractivity contribution in [3.05, 3.63) is 74.9 Å². The standard InChI is InChI=1S/C15H11Cl2FO2S/c16-13-4-3-12(15(17)9-13)10-21(19,20)8-7-11-1-5-14(18)6-2-11/h1-9H,10H2. The summed E-state index contributed by atoms with van der Waals surface area (Å²) in [5, 5.41) is 1.84. The van der Waals surface area contributed by atoms with Gasteiger partial charge in [0.05, 0.1) is 5.75 Å². The zero-order valence-electron chi connectivity index (χ0n) is 10.8. The van der Waals surface area contributed by atoms with Gasteiger partial charge >= 0.3 is 0 Å². The molecule has 0 spiro atoms. The lowest BCUT2D eigenvalue weighted by atomic mass is 10.2. The molecule has 0 unspecified atom stereocenters.